The van der Waals surface area contributed by atoms with Gasteiger partial charge in [0.1, 0.15) is 17.5 Å². The number of hydrogen-bond donors (Lipinski definition) is 2. The van der Waals surface area contributed by atoms with Crippen LogP contribution in [0.1, 0.15) is 26.3 Å². The first kappa shape index (κ1) is 17.4. The normalized spacial score (nSPS) is 12.6. The van der Waals surface area contributed by atoms with E-state index < -0.39 is 29.5 Å². The highest BCUT2D eigenvalue weighted by Crippen LogP contribution is 2.17. The van der Waals surface area contributed by atoms with Crippen molar-refractivity contribution in [1.82, 2.24) is 5.32 Å². The van der Waals surface area contributed by atoms with E-state index in [1.165, 1.54) is 18.2 Å². The quantitative estimate of drug-likeness (QED) is 0.863. The van der Waals surface area contributed by atoms with Crippen LogP contribution in [0.4, 0.5) is 9.18 Å². The summed E-state index contributed by atoms with van der Waals surface area (Å²) in [6.45, 7) is 4.99. The molecule has 0 saturated heterocycles. The number of nitrogens with one attached hydrogen (secondary N) is 1. The zero-order chi connectivity index (χ0) is 16.2. The molecule has 1 aromatic carbocycles. The highest BCUT2D eigenvalue weighted by molar-refractivity contribution is 9.10. The second-order valence-electron chi connectivity index (χ2n) is 5.48. The van der Waals surface area contributed by atoms with Gasteiger partial charge in [0, 0.05) is 10.9 Å². The zero-order valence-corrected chi connectivity index (χ0v) is 13.5. The molecule has 1 unspecified atom stereocenters. The van der Waals surface area contributed by atoms with Crippen molar-refractivity contribution in [3.05, 3.63) is 34.1 Å². The third kappa shape index (κ3) is 6.12. The van der Waals surface area contributed by atoms with Crippen LogP contribution < -0.4 is 5.32 Å². The minimum atomic E-state index is -1.27. The Labute approximate surface area is 130 Å². The molecule has 0 aromatic heterocycles. The predicted octanol–water partition coefficient (Wildman–Crippen LogP) is 3.11. The van der Waals surface area contributed by atoms with E-state index in [4.69, 9.17) is 9.84 Å². The number of carboxylic acids is 1. The number of carbonyl (C=O) groups is 2. The number of carbonyl (C=O) groups excluding carboxylic acids is 1. The Morgan fingerprint density at radius 2 is 2.05 bits per heavy atom. The summed E-state index contributed by atoms with van der Waals surface area (Å²) in [7, 11) is 0. The van der Waals surface area contributed by atoms with Gasteiger partial charge in [-0.1, -0.05) is 15.9 Å². The van der Waals surface area contributed by atoms with Gasteiger partial charge in [-0.25, -0.2) is 14.0 Å². The van der Waals surface area contributed by atoms with Crippen LogP contribution in [-0.2, 0) is 16.0 Å². The first-order chi connectivity index (χ1) is 9.58. The molecule has 0 spiro atoms. The Hall–Kier alpha value is -1.63. The van der Waals surface area contributed by atoms with E-state index in [1.807, 2.05) is 0 Å². The van der Waals surface area contributed by atoms with Gasteiger partial charge < -0.3 is 15.2 Å². The van der Waals surface area contributed by atoms with Crippen LogP contribution in [0.5, 0.6) is 0 Å². The summed E-state index contributed by atoms with van der Waals surface area (Å²) in [6.07, 6.45) is -1.04. The summed E-state index contributed by atoms with van der Waals surface area (Å²) in [6, 6.07) is 2.94. The lowest BCUT2D eigenvalue weighted by Gasteiger charge is -2.22. The summed E-state index contributed by atoms with van der Waals surface area (Å²) >= 11 is 3.19. The molecule has 0 heterocycles. The van der Waals surface area contributed by atoms with Crippen LogP contribution in [0, 0.1) is 5.82 Å². The molecule has 0 aliphatic rings. The number of carboxylic acid groups (broad SMARTS) is 1. The number of amides is 1. The number of aliphatic carboxylic acids is 1. The highest BCUT2D eigenvalue weighted by atomic mass is 79.9. The Bertz CT molecular complexity index is 542. The van der Waals surface area contributed by atoms with Crippen molar-refractivity contribution in [2.75, 3.05) is 0 Å². The topological polar surface area (TPSA) is 75.6 Å². The van der Waals surface area contributed by atoms with Crippen LogP contribution >= 0.6 is 15.9 Å². The Balaban J connectivity index is 2.81. The summed E-state index contributed by atoms with van der Waals surface area (Å²) in [5, 5.41) is 11.4. The Kier molecular flexibility index (Phi) is 5.71. The molecule has 1 rings (SSSR count). The third-order valence-electron chi connectivity index (χ3n) is 2.42. The summed E-state index contributed by atoms with van der Waals surface area (Å²) in [5.41, 5.74) is -0.554. The molecule has 1 atom stereocenters. The average Bonchev–Trinajstić information content (AvgIpc) is 2.30. The molecule has 1 aromatic rings. The van der Waals surface area contributed by atoms with Crippen LogP contribution in [-0.4, -0.2) is 28.8 Å². The number of hydrogen-bond acceptors (Lipinski definition) is 3. The van der Waals surface area contributed by atoms with Gasteiger partial charge in [0.15, 0.2) is 0 Å². The molecule has 0 fully saturated rings. The van der Waals surface area contributed by atoms with Crippen molar-refractivity contribution < 1.29 is 23.8 Å². The zero-order valence-electron chi connectivity index (χ0n) is 11.9. The molecule has 2 N–H and O–H groups in total. The van der Waals surface area contributed by atoms with Crippen LogP contribution in [0.15, 0.2) is 22.7 Å². The standard InChI is InChI=1S/C14H17BrFNO4/c1-14(2,3)21-13(20)17-11(12(18)19)7-8-6-9(15)4-5-10(8)16/h4-6,11H,7H2,1-3H3,(H,17,20)(H,18,19). The van der Waals surface area contributed by atoms with Gasteiger partial charge in [0.05, 0.1) is 0 Å². The van der Waals surface area contributed by atoms with Gasteiger partial charge in [-0.2, -0.15) is 0 Å². The van der Waals surface area contributed by atoms with Crippen LogP contribution in [0.3, 0.4) is 0 Å². The van der Waals surface area contributed by atoms with Crippen molar-refractivity contribution in [3.8, 4) is 0 Å². The van der Waals surface area contributed by atoms with E-state index in [0.29, 0.717) is 4.47 Å². The van der Waals surface area contributed by atoms with Crippen LogP contribution in [0.2, 0.25) is 0 Å². The van der Waals surface area contributed by atoms with Crippen molar-refractivity contribution >= 4 is 28.0 Å². The van der Waals surface area contributed by atoms with Gasteiger partial charge in [0.25, 0.3) is 0 Å². The summed E-state index contributed by atoms with van der Waals surface area (Å²) in [5.74, 6) is -1.80. The summed E-state index contributed by atoms with van der Waals surface area (Å²) < 4.78 is 19.3. The van der Waals surface area contributed by atoms with Crippen molar-refractivity contribution in [2.24, 2.45) is 0 Å². The van der Waals surface area contributed by atoms with Crippen molar-refractivity contribution in [1.29, 1.82) is 0 Å². The number of ether oxygens (including phenoxy) is 1. The van der Waals surface area contributed by atoms with E-state index in [2.05, 4.69) is 21.2 Å². The molecule has 5 nitrogen and oxygen atoms in total. The van der Waals surface area contributed by atoms with E-state index in [9.17, 15) is 14.0 Å². The van der Waals surface area contributed by atoms with E-state index in [-0.39, 0.29) is 12.0 Å². The fourth-order valence-corrected chi connectivity index (χ4v) is 1.98. The minimum Gasteiger partial charge on any atom is -0.480 e. The number of halogens is 2. The fourth-order valence-electron chi connectivity index (χ4n) is 1.57. The Morgan fingerprint density at radius 3 is 2.57 bits per heavy atom. The summed E-state index contributed by atoms with van der Waals surface area (Å²) in [4.78, 5) is 22.8. The third-order valence-corrected chi connectivity index (χ3v) is 2.91. The van der Waals surface area contributed by atoms with E-state index in [0.717, 1.165) is 0 Å². The maximum Gasteiger partial charge on any atom is 0.408 e. The van der Waals surface area contributed by atoms with Gasteiger partial charge >= 0.3 is 12.1 Å². The first-order valence-electron chi connectivity index (χ1n) is 6.25. The molecular formula is C14H17BrFNO4. The molecule has 0 aliphatic heterocycles. The molecule has 0 radical (unpaired) electrons. The fraction of sp³-hybridized carbons (Fsp3) is 0.429. The monoisotopic (exact) mass is 361 g/mol. The minimum absolute atomic E-state index is 0.181. The van der Waals surface area contributed by atoms with Crippen molar-refractivity contribution in [3.63, 3.8) is 0 Å². The molecule has 7 heteroatoms. The Morgan fingerprint density at radius 1 is 1.43 bits per heavy atom. The lowest BCUT2D eigenvalue weighted by Crippen LogP contribution is -2.44. The van der Waals surface area contributed by atoms with Gasteiger partial charge in [-0.05, 0) is 44.5 Å². The predicted molar refractivity (Wildman–Crippen MR) is 78.6 cm³/mol. The first-order valence-corrected chi connectivity index (χ1v) is 7.04. The van der Waals surface area contributed by atoms with E-state index >= 15 is 0 Å². The lowest BCUT2D eigenvalue weighted by atomic mass is 10.1. The molecular weight excluding hydrogens is 345 g/mol. The van der Waals surface area contributed by atoms with Gasteiger partial charge in [-0.3, -0.25) is 0 Å². The van der Waals surface area contributed by atoms with Gasteiger partial charge in [-0.15, -0.1) is 0 Å². The van der Waals surface area contributed by atoms with Crippen LogP contribution in [0.25, 0.3) is 0 Å². The second-order valence-corrected chi connectivity index (χ2v) is 6.39. The largest absolute Gasteiger partial charge is 0.480 e. The molecule has 0 saturated carbocycles. The number of rotatable bonds is 4. The number of benzene rings is 1. The maximum absolute atomic E-state index is 13.6. The maximum atomic E-state index is 13.6. The van der Waals surface area contributed by atoms with Gasteiger partial charge in [0.2, 0.25) is 0 Å². The molecule has 1 amide bonds. The molecule has 0 aliphatic carbocycles. The molecule has 21 heavy (non-hydrogen) atoms. The molecule has 116 valence electrons. The SMILES string of the molecule is CC(C)(C)OC(=O)NC(Cc1cc(Br)ccc1F)C(=O)O. The lowest BCUT2D eigenvalue weighted by molar-refractivity contribution is -0.139. The van der Waals surface area contributed by atoms with E-state index in [1.54, 1.807) is 20.8 Å². The smallest absolute Gasteiger partial charge is 0.408 e. The number of alkyl carbamates (subject to hydrolysis) is 1. The molecule has 0 bridgehead atoms. The second kappa shape index (κ2) is 6.89. The van der Waals surface area contributed by atoms with Crippen molar-refractivity contribution in [2.45, 2.75) is 38.8 Å². The average molecular weight is 362 g/mol. The highest BCUT2D eigenvalue weighted by Gasteiger charge is 2.25.